The summed E-state index contributed by atoms with van der Waals surface area (Å²) >= 11 is 0. The minimum absolute atomic E-state index is 0.0772. The third-order valence-corrected chi connectivity index (χ3v) is 5.18. The quantitative estimate of drug-likeness (QED) is 0.623. The zero-order valence-corrected chi connectivity index (χ0v) is 16.3. The van der Waals surface area contributed by atoms with E-state index in [2.05, 4.69) is 25.6 Å². The van der Waals surface area contributed by atoms with Gasteiger partial charge in [-0.2, -0.15) is 23.4 Å². The third kappa shape index (κ3) is 3.33. The van der Waals surface area contributed by atoms with Crippen LogP contribution in [0, 0.1) is 0 Å². The van der Waals surface area contributed by atoms with E-state index in [1.807, 2.05) is 0 Å². The lowest BCUT2D eigenvalue weighted by Crippen LogP contribution is -2.46. The summed E-state index contributed by atoms with van der Waals surface area (Å²) in [7, 11) is 0. The van der Waals surface area contributed by atoms with Gasteiger partial charge in [0.25, 0.3) is 6.43 Å². The SMILES string of the molecule is CCc1cc2ncc3c(n2n1)C(C)(C(F)(F)F)CN3C(=O)Nc1cnnc(C(F)F)c1. The molecule has 0 saturated carbocycles. The van der Waals surface area contributed by atoms with Crippen molar-refractivity contribution in [3.8, 4) is 0 Å². The number of alkyl halides is 5. The molecule has 4 heterocycles. The van der Waals surface area contributed by atoms with Crippen LogP contribution >= 0.6 is 0 Å². The summed E-state index contributed by atoms with van der Waals surface area (Å²) in [5.74, 6) is 0. The second-order valence-corrected chi connectivity index (χ2v) is 7.27. The summed E-state index contributed by atoms with van der Waals surface area (Å²) in [6.45, 7) is 2.05. The largest absolute Gasteiger partial charge is 0.401 e. The molecule has 13 heteroatoms. The number of anilines is 2. The van der Waals surface area contributed by atoms with Crippen molar-refractivity contribution >= 4 is 23.1 Å². The topological polar surface area (TPSA) is 88.3 Å². The van der Waals surface area contributed by atoms with Gasteiger partial charge in [0.05, 0.1) is 35.2 Å². The van der Waals surface area contributed by atoms with Gasteiger partial charge in [-0.3, -0.25) is 4.90 Å². The number of urea groups is 1. The number of halogens is 5. The first kappa shape index (κ1) is 20.9. The van der Waals surface area contributed by atoms with Crippen LogP contribution in [0.15, 0.2) is 24.5 Å². The monoisotopic (exact) mass is 441 g/mol. The Kier molecular flexibility index (Phi) is 4.78. The van der Waals surface area contributed by atoms with E-state index in [1.54, 1.807) is 13.0 Å². The highest BCUT2D eigenvalue weighted by Crippen LogP contribution is 2.49. The molecule has 1 aliphatic heterocycles. The molecule has 0 saturated heterocycles. The molecule has 0 aliphatic carbocycles. The van der Waals surface area contributed by atoms with E-state index in [1.165, 1.54) is 6.20 Å². The highest BCUT2D eigenvalue weighted by molar-refractivity contribution is 6.03. The molecule has 3 aromatic rings. The van der Waals surface area contributed by atoms with E-state index in [4.69, 9.17) is 0 Å². The fraction of sp³-hybridized carbons (Fsp3) is 0.389. The zero-order valence-electron chi connectivity index (χ0n) is 16.3. The molecule has 0 radical (unpaired) electrons. The Balaban J connectivity index is 1.78. The molecule has 164 valence electrons. The van der Waals surface area contributed by atoms with Gasteiger partial charge in [-0.1, -0.05) is 6.92 Å². The Morgan fingerprint density at radius 2 is 2.03 bits per heavy atom. The number of fused-ring (bicyclic) bond motifs is 3. The van der Waals surface area contributed by atoms with Crippen molar-refractivity contribution in [1.82, 2.24) is 24.8 Å². The Bertz CT molecular complexity index is 1160. The van der Waals surface area contributed by atoms with E-state index in [0.717, 1.165) is 28.6 Å². The van der Waals surface area contributed by atoms with E-state index < -0.39 is 36.3 Å². The van der Waals surface area contributed by atoms with Gasteiger partial charge in [0.2, 0.25) is 0 Å². The highest BCUT2D eigenvalue weighted by atomic mass is 19.4. The van der Waals surface area contributed by atoms with Crippen molar-refractivity contribution in [2.45, 2.75) is 38.3 Å². The van der Waals surface area contributed by atoms with Crippen molar-refractivity contribution < 1.29 is 26.7 Å². The summed E-state index contributed by atoms with van der Waals surface area (Å²) in [4.78, 5) is 17.8. The molecule has 31 heavy (non-hydrogen) atoms. The maximum Gasteiger partial charge on any atom is 0.401 e. The Morgan fingerprint density at radius 1 is 1.29 bits per heavy atom. The number of carbonyl (C=O) groups is 1. The van der Waals surface area contributed by atoms with Gasteiger partial charge < -0.3 is 5.32 Å². The number of hydrogen-bond acceptors (Lipinski definition) is 5. The van der Waals surface area contributed by atoms with Crippen LogP contribution < -0.4 is 10.2 Å². The summed E-state index contributed by atoms with van der Waals surface area (Å²) < 4.78 is 69.1. The van der Waals surface area contributed by atoms with Crippen LogP contribution in [-0.2, 0) is 11.8 Å². The number of amides is 2. The van der Waals surface area contributed by atoms with Gasteiger partial charge in [-0.05, 0) is 19.4 Å². The van der Waals surface area contributed by atoms with Gasteiger partial charge >= 0.3 is 12.2 Å². The fourth-order valence-electron chi connectivity index (χ4n) is 3.49. The molecule has 1 unspecified atom stereocenters. The van der Waals surface area contributed by atoms with Crippen LogP contribution in [0.4, 0.5) is 38.1 Å². The molecular formula is C18H16F5N7O. The molecule has 1 N–H and O–H groups in total. The van der Waals surface area contributed by atoms with Crippen molar-refractivity contribution in [3.63, 3.8) is 0 Å². The van der Waals surface area contributed by atoms with Gasteiger partial charge in [-0.25, -0.2) is 23.1 Å². The first-order valence-corrected chi connectivity index (χ1v) is 9.19. The molecular weight excluding hydrogens is 425 g/mol. The molecule has 1 aliphatic rings. The number of aryl methyl sites for hydroxylation is 1. The lowest BCUT2D eigenvalue weighted by atomic mass is 9.88. The first-order chi connectivity index (χ1) is 14.5. The van der Waals surface area contributed by atoms with E-state index in [0.29, 0.717) is 12.1 Å². The van der Waals surface area contributed by atoms with Gasteiger partial charge in [0.15, 0.2) is 5.65 Å². The summed E-state index contributed by atoms with van der Waals surface area (Å²) in [5, 5.41) is 13.1. The molecule has 0 bridgehead atoms. The average Bonchev–Trinajstić information content (AvgIpc) is 3.27. The summed E-state index contributed by atoms with van der Waals surface area (Å²) in [6.07, 6.45) is -4.93. The normalized spacial score (nSPS) is 18.6. The number of carbonyl (C=O) groups excluding carboxylic acids is 1. The third-order valence-electron chi connectivity index (χ3n) is 5.18. The number of nitrogens with one attached hydrogen (secondary N) is 1. The van der Waals surface area contributed by atoms with Gasteiger partial charge in [0, 0.05) is 12.6 Å². The molecule has 8 nitrogen and oxygen atoms in total. The summed E-state index contributed by atoms with van der Waals surface area (Å²) in [6, 6.07) is 1.53. The molecule has 4 rings (SSSR count). The lowest BCUT2D eigenvalue weighted by molar-refractivity contribution is -0.181. The first-order valence-electron chi connectivity index (χ1n) is 9.19. The maximum absolute atomic E-state index is 14.1. The molecule has 0 fully saturated rings. The number of nitrogens with zero attached hydrogens (tertiary/aromatic N) is 6. The van der Waals surface area contributed by atoms with Crippen LogP contribution in [0.1, 0.15) is 37.4 Å². The Morgan fingerprint density at radius 3 is 2.68 bits per heavy atom. The van der Waals surface area contributed by atoms with Crippen LogP contribution in [-0.4, -0.2) is 43.5 Å². The predicted octanol–water partition coefficient (Wildman–Crippen LogP) is 3.89. The minimum atomic E-state index is -4.70. The molecule has 0 spiro atoms. The maximum atomic E-state index is 14.1. The minimum Gasteiger partial charge on any atom is -0.306 e. The van der Waals surface area contributed by atoms with Gasteiger partial charge in [-0.15, -0.1) is 5.10 Å². The highest BCUT2D eigenvalue weighted by Gasteiger charge is 2.60. The van der Waals surface area contributed by atoms with E-state index in [9.17, 15) is 26.7 Å². The fourth-order valence-corrected chi connectivity index (χ4v) is 3.49. The summed E-state index contributed by atoms with van der Waals surface area (Å²) in [5.41, 5.74) is -2.75. The lowest BCUT2D eigenvalue weighted by Gasteiger charge is -2.28. The smallest absolute Gasteiger partial charge is 0.306 e. The Hall–Kier alpha value is -3.38. The molecule has 3 aromatic heterocycles. The second kappa shape index (κ2) is 7.10. The van der Waals surface area contributed by atoms with Crippen molar-refractivity contribution in [2.75, 3.05) is 16.8 Å². The van der Waals surface area contributed by atoms with Crippen molar-refractivity contribution in [1.29, 1.82) is 0 Å². The average molecular weight is 441 g/mol. The van der Waals surface area contributed by atoms with E-state index in [-0.39, 0.29) is 22.7 Å². The molecule has 1 atom stereocenters. The number of rotatable bonds is 3. The second-order valence-electron chi connectivity index (χ2n) is 7.27. The number of aromatic nitrogens is 5. The zero-order chi connectivity index (χ0) is 22.6. The van der Waals surface area contributed by atoms with Crippen molar-refractivity contribution in [3.05, 3.63) is 41.6 Å². The van der Waals surface area contributed by atoms with Gasteiger partial charge in [0.1, 0.15) is 11.1 Å². The van der Waals surface area contributed by atoms with Crippen LogP contribution in [0.3, 0.4) is 0 Å². The van der Waals surface area contributed by atoms with Crippen LogP contribution in [0.25, 0.3) is 5.65 Å². The van der Waals surface area contributed by atoms with Crippen LogP contribution in [0.5, 0.6) is 0 Å². The standard InChI is InChI=1S/C18H16F5N7O/c1-3-9-5-13-24-7-12-14(30(13)28-9)17(2,18(21,22)23)8-29(12)16(31)26-10-4-11(15(19)20)27-25-6-10/h4-7,15H,3,8H2,1-2H3,(H,26,27,31). The molecule has 2 amide bonds. The Labute approximate surface area is 172 Å². The predicted molar refractivity (Wildman–Crippen MR) is 99.1 cm³/mol. The van der Waals surface area contributed by atoms with E-state index >= 15 is 0 Å². The number of hydrogen-bond donors (Lipinski definition) is 1. The molecule has 0 aromatic carbocycles. The van der Waals surface area contributed by atoms with Crippen LogP contribution in [0.2, 0.25) is 0 Å². The van der Waals surface area contributed by atoms with Crippen molar-refractivity contribution in [2.24, 2.45) is 0 Å².